The number of benzene rings is 1. The fourth-order valence-electron chi connectivity index (χ4n) is 2.11. The fourth-order valence-corrected chi connectivity index (χ4v) is 2.11. The molecule has 1 heterocycles. The molecule has 21 heavy (non-hydrogen) atoms. The van der Waals surface area contributed by atoms with Gasteiger partial charge in [-0.1, -0.05) is 6.92 Å². The van der Waals surface area contributed by atoms with E-state index in [2.05, 4.69) is 5.32 Å². The number of ether oxygens (including phenoxy) is 2. The summed E-state index contributed by atoms with van der Waals surface area (Å²) in [6, 6.07) is 6.28. The third kappa shape index (κ3) is 3.95. The largest absolute Gasteiger partial charge is 0.494 e. The van der Waals surface area contributed by atoms with Gasteiger partial charge < -0.3 is 19.9 Å². The predicted octanol–water partition coefficient (Wildman–Crippen LogP) is 1.30. The molecule has 6 nitrogen and oxygen atoms in total. The Balaban J connectivity index is 1.95. The molecule has 1 fully saturated rings. The molecule has 1 amide bonds. The molecule has 2 N–H and O–H groups in total. The van der Waals surface area contributed by atoms with Gasteiger partial charge in [0.15, 0.2) is 0 Å². The van der Waals surface area contributed by atoms with Crippen LogP contribution in [-0.4, -0.2) is 42.8 Å². The Morgan fingerprint density at radius 1 is 1.33 bits per heavy atom. The van der Waals surface area contributed by atoms with Crippen molar-refractivity contribution in [1.29, 1.82) is 0 Å². The fraction of sp³-hybridized carbons (Fsp3) is 0.467. The van der Waals surface area contributed by atoms with Gasteiger partial charge in [0.25, 0.3) is 5.91 Å². The molecule has 2 atom stereocenters. The molecular formula is C15H19NO5. The lowest BCUT2D eigenvalue weighted by molar-refractivity contribution is -0.142. The van der Waals surface area contributed by atoms with Gasteiger partial charge in [-0.2, -0.15) is 0 Å². The Bertz CT molecular complexity index is 499. The highest BCUT2D eigenvalue weighted by Gasteiger charge is 2.35. The van der Waals surface area contributed by atoms with Crippen LogP contribution in [0.1, 0.15) is 23.7 Å². The number of carbonyl (C=O) groups is 2. The zero-order valence-corrected chi connectivity index (χ0v) is 11.9. The number of carbonyl (C=O) groups excluding carboxylic acids is 1. The predicted molar refractivity (Wildman–Crippen MR) is 75.4 cm³/mol. The highest BCUT2D eigenvalue weighted by atomic mass is 16.5. The molecule has 1 aromatic rings. The number of rotatable bonds is 6. The Hall–Kier alpha value is -2.08. The Labute approximate surface area is 123 Å². The lowest BCUT2D eigenvalue weighted by Gasteiger charge is -2.15. The van der Waals surface area contributed by atoms with Crippen LogP contribution in [0.25, 0.3) is 0 Å². The first-order valence-corrected chi connectivity index (χ1v) is 6.96. The lowest BCUT2D eigenvalue weighted by atomic mass is 10.0. The monoisotopic (exact) mass is 293 g/mol. The summed E-state index contributed by atoms with van der Waals surface area (Å²) in [4.78, 5) is 23.1. The normalized spacial score (nSPS) is 21.0. The van der Waals surface area contributed by atoms with Crippen LogP contribution in [0.2, 0.25) is 0 Å². The van der Waals surface area contributed by atoms with Crippen molar-refractivity contribution in [2.24, 2.45) is 5.92 Å². The van der Waals surface area contributed by atoms with Crippen LogP contribution < -0.4 is 10.1 Å². The molecule has 0 saturated carbocycles. The highest BCUT2D eigenvalue weighted by molar-refractivity contribution is 5.94. The van der Waals surface area contributed by atoms with Crippen LogP contribution >= 0.6 is 0 Å². The van der Waals surface area contributed by atoms with Crippen LogP contribution in [0, 0.1) is 5.92 Å². The van der Waals surface area contributed by atoms with Crippen LogP contribution in [0.15, 0.2) is 24.3 Å². The zero-order chi connectivity index (χ0) is 15.2. The first-order valence-electron chi connectivity index (χ1n) is 6.96. The maximum atomic E-state index is 12.1. The van der Waals surface area contributed by atoms with Gasteiger partial charge in [0.2, 0.25) is 0 Å². The number of carboxylic acids is 1. The molecule has 2 unspecified atom stereocenters. The third-order valence-corrected chi connectivity index (χ3v) is 3.30. The van der Waals surface area contributed by atoms with Crippen molar-refractivity contribution in [2.75, 3.05) is 19.8 Å². The number of aliphatic carboxylic acids is 1. The molecule has 0 aromatic heterocycles. The summed E-state index contributed by atoms with van der Waals surface area (Å²) in [6.07, 6.45) is 0.917. The van der Waals surface area contributed by atoms with Crippen molar-refractivity contribution < 1.29 is 24.2 Å². The highest BCUT2D eigenvalue weighted by Crippen LogP contribution is 2.16. The van der Waals surface area contributed by atoms with Gasteiger partial charge in [-0.3, -0.25) is 9.59 Å². The van der Waals surface area contributed by atoms with Crippen LogP contribution in [0.4, 0.5) is 0 Å². The molecule has 1 aliphatic rings. The Morgan fingerprint density at radius 3 is 2.67 bits per heavy atom. The van der Waals surface area contributed by atoms with Crippen LogP contribution in [-0.2, 0) is 9.53 Å². The number of hydrogen-bond acceptors (Lipinski definition) is 4. The van der Waals surface area contributed by atoms with Crippen molar-refractivity contribution >= 4 is 11.9 Å². The molecule has 0 spiro atoms. The summed E-state index contributed by atoms with van der Waals surface area (Å²) in [6.45, 7) is 3.00. The summed E-state index contributed by atoms with van der Waals surface area (Å²) < 4.78 is 10.6. The minimum Gasteiger partial charge on any atom is -0.494 e. The topological polar surface area (TPSA) is 84.9 Å². The van der Waals surface area contributed by atoms with Gasteiger partial charge in [0, 0.05) is 5.56 Å². The third-order valence-electron chi connectivity index (χ3n) is 3.30. The number of hydrogen-bond donors (Lipinski definition) is 2. The average molecular weight is 293 g/mol. The molecule has 2 rings (SSSR count). The maximum absolute atomic E-state index is 12.1. The average Bonchev–Trinajstić information content (AvgIpc) is 2.94. The molecule has 1 aromatic carbocycles. The number of carboxylic acid groups (broad SMARTS) is 1. The van der Waals surface area contributed by atoms with Crippen LogP contribution in [0.5, 0.6) is 5.75 Å². The Morgan fingerprint density at radius 2 is 2.05 bits per heavy atom. The zero-order valence-electron chi connectivity index (χ0n) is 11.9. The van der Waals surface area contributed by atoms with E-state index in [9.17, 15) is 9.59 Å². The molecule has 114 valence electrons. The molecular weight excluding hydrogens is 274 g/mol. The molecule has 0 aliphatic carbocycles. The number of amides is 1. The van der Waals surface area contributed by atoms with E-state index in [0.29, 0.717) is 17.9 Å². The molecule has 1 aliphatic heterocycles. The van der Waals surface area contributed by atoms with Gasteiger partial charge in [0.1, 0.15) is 11.7 Å². The molecule has 0 bridgehead atoms. The summed E-state index contributed by atoms with van der Waals surface area (Å²) in [5.74, 6) is -1.25. The van der Waals surface area contributed by atoms with E-state index in [1.165, 1.54) is 0 Å². The minimum absolute atomic E-state index is 0.129. The smallest absolute Gasteiger partial charge is 0.311 e. The van der Waals surface area contributed by atoms with Crippen LogP contribution in [0.3, 0.4) is 0 Å². The van der Waals surface area contributed by atoms with E-state index in [0.717, 1.165) is 6.42 Å². The lowest BCUT2D eigenvalue weighted by Crippen LogP contribution is -2.42. The first-order chi connectivity index (χ1) is 10.1. The SMILES string of the molecule is CCCOc1ccc(C(=O)NC2COCC2C(=O)O)cc1. The van der Waals surface area contributed by atoms with Gasteiger partial charge in [-0.05, 0) is 30.7 Å². The van der Waals surface area contributed by atoms with E-state index in [1.807, 2.05) is 6.92 Å². The maximum Gasteiger partial charge on any atom is 0.311 e. The van der Waals surface area contributed by atoms with E-state index < -0.39 is 17.9 Å². The summed E-state index contributed by atoms with van der Waals surface area (Å²) in [5.41, 5.74) is 0.467. The number of nitrogens with one attached hydrogen (secondary N) is 1. The van der Waals surface area contributed by atoms with E-state index in [1.54, 1.807) is 24.3 Å². The summed E-state index contributed by atoms with van der Waals surface area (Å²) in [5, 5.41) is 11.7. The van der Waals surface area contributed by atoms with E-state index in [4.69, 9.17) is 14.6 Å². The Kier molecular flexibility index (Phi) is 5.16. The molecule has 0 radical (unpaired) electrons. The van der Waals surface area contributed by atoms with Crippen molar-refractivity contribution in [2.45, 2.75) is 19.4 Å². The van der Waals surface area contributed by atoms with Gasteiger partial charge in [-0.15, -0.1) is 0 Å². The van der Waals surface area contributed by atoms with Crippen molar-refractivity contribution in [3.05, 3.63) is 29.8 Å². The minimum atomic E-state index is -0.957. The van der Waals surface area contributed by atoms with Crippen molar-refractivity contribution in [1.82, 2.24) is 5.32 Å². The summed E-state index contributed by atoms with van der Waals surface area (Å²) in [7, 11) is 0. The first kappa shape index (κ1) is 15.3. The summed E-state index contributed by atoms with van der Waals surface area (Å²) >= 11 is 0. The standard InChI is InChI=1S/C15H19NO5/c1-2-7-21-11-5-3-10(4-6-11)14(17)16-13-9-20-8-12(13)15(18)19/h3-6,12-13H,2,7-9H2,1H3,(H,16,17)(H,18,19). The second-order valence-corrected chi connectivity index (χ2v) is 4.93. The quantitative estimate of drug-likeness (QED) is 0.826. The van der Waals surface area contributed by atoms with E-state index in [-0.39, 0.29) is 19.1 Å². The molecule has 1 saturated heterocycles. The van der Waals surface area contributed by atoms with Crippen molar-refractivity contribution in [3.8, 4) is 5.75 Å². The molecule has 6 heteroatoms. The van der Waals surface area contributed by atoms with Gasteiger partial charge in [-0.25, -0.2) is 0 Å². The second kappa shape index (κ2) is 7.08. The van der Waals surface area contributed by atoms with Gasteiger partial charge in [0.05, 0.1) is 25.9 Å². The second-order valence-electron chi connectivity index (χ2n) is 4.93. The van der Waals surface area contributed by atoms with E-state index >= 15 is 0 Å². The van der Waals surface area contributed by atoms with Gasteiger partial charge >= 0.3 is 5.97 Å². The van der Waals surface area contributed by atoms with Crippen molar-refractivity contribution in [3.63, 3.8) is 0 Å².